The van der Waals surface area contributed by atoms with Crippen LogP contribution in [-0.2, 0) is 6.42 Å². The fraction of sp³-hybridized carbons (Fsp3) is 0.824. The zero-order chi connectivity index (χ0) is 15.5. The van der Waals surface area contributed by atoms with Gasteiger partial charge in [-0.1, -0.05) is 19.8 Å². The van der Waals surface area contributed by atoms with Crippen LogP contribution in [0.1, 0.15) is 57.7 Å². The van der Waals surface area contributed by atoms with Crippen molar-refractivity contribution in [1.29, 1.82) is 0 Å². The van der Waals surface area contributed by atoms with Crippen LogP contribution in [-0.4, -0.2) is 47.4 Å². The molecule has 2 atom stereocenters. The normalized spacial score (nSPS) is 20.9. The Bertz CT molecular complexity index is 432. The predicted octanol–water partition coefficient (Wildman–Crippen LogP) is 2.86. The van der Waals surface area contributed by atoms with Crippen LogP contribution >= 0.6 is 0 Å². The lowest BCUT2D eigenvalue weighted by Gasteiger charge is -2.43. The van der Waals surface area contributed by atoms with Gasteiger partial charge in [0.1, 0.15) is 0 Å². The lowest BCUT2D eigenvalue weighted by Crippen LogP contribution is -2.57. The van der Waals surface area contributed by atoms with Crippen LogP contribution in [0.25, 0.3) is 0 Å². The van der Waals surface area contributed by atoms with Crippen molar-refractivity contribution in [3.8, 4) is 0 Å². The van der Waals surface area contributed by atoms with Gasteiger partial charge in [-0.2, -0.15) is 5.10 Å². The number of rotatable bonds is 7. The molecule has 120 valence electrons. The van der Waals surface area contributed by atoms with E-state index in [0.29, 0.717) is 12.1 Å². The number of nitrogens with zero attached hydrogens (tertiary/aromatic N) is 3. The third kappa shape index (κ3) is 3.32. The summed E-state index contributed by atoms with van der Waals surface area (Å²) < 4.78 is 2.11. The van der Waals surface area contributed by atoms with Crippen LogP contribution in [0.15, 0.2) is 12.3 Å². The maximum Gasteiger partial charge on any atom is 0.0640 e. The zero-order valence-corrected chi connectivity index (χ0v) is 14.4. The van der Waals surface area contributed by atoms with E-state index in [2.05, 4.69) is 62.2 Å². The molecule has 0 amide bonds. The van der Waals surface area contributed by atoms with Gasteiger partial charge in [-0.05, 0) is 53.4 Å². The van der Waals surface area contributed by atoms with E-state index in [1.54, 1.807) is 0 Å². The van der Waals surface area contributed by atoms with E-state index in [4.69, 9.17) is 5.10 Å². The molecule has 1 aliphatic carbocycles. The van der Waals surface area contributed by atoms with Gasteiger partial charge < -0.3 is 10.2 Å². The molecule has 1 aliphatic rings. The van der Waals surface area contributed by atoms with Crippen molar-refractivity contribution in [2.75, 3.05) is 21.1 Å². The molecule has 1 fully saturated rings. The second-order valence-electron chi connectivity index (χ2n) is 6.79. The van der Waals surface area contributed by atoms with Crippen molar-refractivity contribution in [1.82, 2.24) is 20.0 Å². The number of hydrogen-bond acceptors (Lipinski definition) is 3. The predicted molar refractivity (Wildman–Crippen MR) is 88.7 cm³/mol. The number of likely N-dealkylation sites (N-methyl/N-ethyl adjacent to an activating group) is 2. The Hall–Kier alpha value is -0.870. The van der Waals surface area contributed by atoms with Crippen LogP contribution in [0.5, 0.6) is 0 Å². The van der Waals surface area contributed by atoms with Crippen molar-refractivity contribution in [3.63, 3.8) is 0 Å². The van der Waals surface area contributed by atoms with Gasteiger partial charge in [0.15, 0.2) is 0 Å². The fourth-order valence-electron chi connectivity index (χ4n) is 3.78. The molecule has 0 bridgehead atoms. The van der Waals surface area contributed by atoms with Crippen molar-refractivity contribution in [2.24, 2.45) is 0 Å². The maximum absolute atomic E-state index is 4.79. The van der Waals surface area contributed by atoms with Crippen LogP contribution < -0.4 is 5.32 Å². The Morgan fingerprint density at radius 2 is 2.05 bits per heavy atom. The largest absolute Gasteiger partial charge is 0.315 e. The molecule has 1 N–H and O–H groups in total. The molecule has 2 unspecified atom stereocenters. The molecule has 1 aromatic heterocycles. The average molecular weight is 292 g/mol. The van der Waals surface area contributed by atoms with Gasteiger partial charge in [0, 0.05) is 30.2 Å². The molecular formula is C17H32N4. The fourth-order valence-corrected chi connectivity index (χ4v) is 3.78. The molecule has 1 aromatic rings. The molecule has 21 heavy (non-hydrogen) atoms. The highest BCUT2D eigenvalue weighted by molar-refractivity contribution is 5.09. The minimum absolute atomic E-state index is 0.287. The second-order valence-corrected chi connectivity index (χ2v) is 6.79. The van der Waals surface area contributed by atoms with E-state index < -0.39 is 0 Å². The molecule has 4 heteroatoms. The SMILES string of the molecule is CCC(C)n1ccc(CC(NC)C2(N(C)C)CCCC2)n1. The molecule has 0 spiro atoms. The quantitative estimate of drug-likeness (QED) is 0.839. The third-order valence-corrected chi connectivity index (χ3v) is 5.48. The first-order chi connectivity index (χ1) is 10.0. The summed E-state index contributed by atoms with van der Waals surface area (Å²) in [6.45, 7) is 4.44. The Kier molecular flexibility index (Phi) is 5.44. The van der Waals surface area contributed by atoms with Gasteiger partial charge in [-0.25, -0.2) is 0 Å². The van der Waals surface area contributed by atoms with Crippen LogP contribution in [0.2, 0.25) is 0 Å². The van der Waals surface area contributed by atoms with Crippen LogP contribution in [0, 0.1) is 0 Å². The summed E-state index contributed by atoms with van der Waals surface area (Å²) in [5.74, 6) is 0. The summed E-state index contributed by atoms with van der Waals surface area (Å²) in [4.78, 5) is 2.44. The van der Waals surface area contributed by atoms with Gasteiger partial charge in [0.2, 0.25) is 0 Å². The summed E-state index contributed by atoms with van der Waals surface area (Å²) >= 11 is 0. The number of nitrogens with one attached hydrogen (secondary N) is 1. The smallest absolute Gasteiger partial charge is 0.0640 e. The Morgan fingerprint density at radius 1 is 1.38 bits per heavy atom. The summed E-state index contributed by atoms with van der Waals surface area (Å²) in [6, 6.07) is 3.14. The van der Waals surface area contributed by atoms with Gasteiger partial charge in [0.05, 0.1) is 5.69 Å². The van der Waals surface area contributed by atoms with Crippen molar-refractivity contribution in [3.05, 3.63) is 18.0 Å². The number of aromatic nitrogens is 2. The van der Waals surface area contributed by atoms with Crippen LogP contribution in [0.3, 0.4) is 0 Å². The minimum Gasteiger partial charge on any atom is -0.315 e. The molecule has 0 aliphatic heterocycles. The number of hydrogen-bond donors (Lipinski definition) is 1. The summed E-state index contributed by atoms with van der Waals surface area (Å²) in [5.41, 5.74) is 1.50. The van der Waals surface area contributed by atoms with E-state index in [9.17, 15) is 0 Å². The molecule has 0 radical (unpaired) electrons. The van der Waals surface area contributed by atoms with Crippen molar-refractivity contribution in [2.45, 2.75) is 70.0 Å². The van der Waals surface area contributed by atoms with E-state index >= 15 is 0 Å². The molecule has 2 rings (SSSR count). The molecule has 1 heterocycles. The molecule has 0 saturated heterocycles. The topological polar surface area (TPSA) is 33.1 Å². The van der Waals surface area contributed by atoms with Gasteiger partial charge >= 0.3 is 0 Å². The average Bonchev–Trinajstić information content (AvgIpc) is 3.13. The Labute approximate surface area is 129 Å². The zero-order valence-electron chi connectivity index (χ0n) is 14.4. The first-order valence-electron chi connectivity index (χ1n) is 8.42. The third-order valence-electron chi connectivity index (χ3n) is 5.48. The Balaban J connectivity index is 2.13. The van der Waals surface area contributed by atoms with Gasteiger partial charge in [-0.3, -0.25) is 4.68 Å². The monoisotopic (exact) mass is 292 g/mol. The summed E-state index contributed by atoms with van der Waals surface area (Å²) in [7, 11) is 6.56. The van der Waals surface area contributed by atoms with E-state index in [0.717, 1.165) is 12.8 Å². The molecule has 1 saturated carbocycles. The molecular weight excluding hydrogens is 260 g/mol. The highest BCUT2D eigenvalue weighted by Gasteiger charge is 2.42. The van der Waals surface area contributed by atoms with E-state index in [1.807, 2.05) is 0 Å². The molecule has 4 nitrogen and oxygen atoms in total. The minimum atomic E-state index is 0.287. The standard InChI is InChI=1S/C17H32N4/c1-6-14(2)21-12-9-15(19-21)13-16(18-3)17(20(4)5)10-7-8-11-17/h9,12,14,16,18H,6-8,10-11,13H2,1-5H3. The summed E-state index contributed by atoms with van der Waals surface area (Å²) in [5, 5.41) is 8.36. The first kappa shape index (κ1) is 16.5. The molecule has 0 aromatic carbocycles. The highest BCUT2D eigenvalue weighted by Crippen LogP contribution is 2.37. The highest BCUT2D eigenvalue weighted by atomic mass is 15.3. The van der Waals surface area contributed by atoms with Crippen molar-refractivity contribution >= 4 is 0 Å². The van der Waals surface area contributed by atoms with Gasteiger partial charge in [-0.15, -0.1) is 0 Å². The maximum atomic E-state index is 4.79. The first-order valence-corrected chi connectivity index (χ1v) is 8.42. The van der Waals surface area contributed by atoms with Crippen LogP contribution in [0.4, 0.5) is 0 Å². The lowest BCUT2D eigenvalue weighted by atomic mass is 9.84. The van der Waals surface area contributed by atoms with E-state index in [1.165, 1.54) is 31.4 Å². The summed E-state index contributed by atoms with van der Waals surface area (Å²) in [6.07, 6.45) is 9.54. The van der Waals surface area contributed by atoms with Crippen molar-refractivity contribution < 1.29 is 0 Å². The second kappa shape index (κ2) is 6.93. The van der Waals surface area contributed by atoms with Gasteiger partial charge in [0.25, 0.3) is 0 Å². The lowest BCUT2D eigenvalue weighted by molar-refractivity contribution is 0.108. The Morgan fingerprint density at radius 3 is 2.57 bits per heavy atom. The van der Waals surface area contributed by atoms with E-state index in [-0.39, 0.29) is 5.54 Å².